The second-order valence-corrected chi connectivity index (χ2v) is 19.2. The van der Waals surface area contributed by atoms with Crippen LogP contribution < -0.4 is 4.89 Å². The van der Waals surface area contributed by atoms with Crippen molar-refractivity contribution >= 4 is 25.5 Å². The zero-order valence-corrected chi connectivity index (χ0v) is 39.0. The average Bonchev–Trinajstić information content (AvgIpc) is 3.60. The topological polar surface area (TPSA) is 182 Å². The van der Waals surface area contributed by atoms with Gasteiger partial charge in [0.25, 0.3) is 7.82 Å². The Bertz CT molecular complexity index is 1470. The number of phosphoric acid groups is 1. The van der Waals surface area contributed by atoms with Crippen LogP contribution in [0.3, 0.4) is 0 Å². The number of nitrogens with zero attached hydrogens (tertiary/aromatic N) is 1. The number of hydrogen-bond acceptors (Lipinski definition) is 12. The quantitative estimate of drug-likeness (QED) is 0.0223. The molecule has 1 aromatic rings. The molecule has 1 saturated carbocycles. The summed E-state index contributed by atoms with van der Waals surface area (Å²) in [6.45, 7) is 7.99. The number of likely N-dealkylation sites (N-methyl/N-ethyl adjacent to an activating group) is 1. The number of carbonyl (C=O) groups is 3. The van der Waals surface area contributed by atoms with Crippen molar-refractivity contribution in [2.75, 3.05) is 47.5 Å². The highest BCUT2D eigenvalue weighted by atomic mass is 31.2. The van der Waals surface area contributed by atoms with Crippen LogP contribution in [0.2, 0.25) is 0 Å². The van der Waals surface area contributed by atoms with Crippen LogP contribution in [0.4, 0.5) is 0 Å². The Labute approximate surface area is 361 Å². The van der Waals surface area contributed by atoms with Gasteiger partial charge in [0, 0.05) is 38.0 Å². The number of phosphoric ester groups is 1. The van der Waals surface area contributed by atoms with Gasteiger partial charge < -0.3 is 42.5 Å². The summed E-state index contributed by atoms with van der Waals surface area (Å²) in [6, 6.07) is 0. The molecule has 1 aliphatic carbocycles. The first-order valence-electron chi connectivity index (χ1n) is 22.9. The molecule has 0 bridgehead atoms. The molecule has 0 aliphatic heterocycles. The molecule has 0 amide bonds. The molecule has 14 heteroatoms. The molecule has 2 rings (SSSR count). The van der Waals surface area contributed by atoms with Crippen LogP contribution in [-0.4, -0.2) is 98.2 Å². The standard InChI is InChI=1S/C46H80NO12P/c1-8-10-17-23-37(48)28-29-40-39(41(49)32-42(40)50)24-18-15-16-21-27-46(52)58-38(34-57-60(53,54)56-31-30-47(5,6)7)33-55-45(51)26-20-14-12-11-13-19-25-44-36(4)35(3)43(59-44)22-9-2/h28-29,37-41,48-49H,8-27,30-34H2,1-7H3/b29-28+/t37-,38+,39+,40+,41-/m0/s1. The van der Waals surface area contributed by atoms with E-state index in [-0.39, 0.29) is 44.2 Å². The molecule has 1 aromatic heterocycles. The fraction of sp³-hybridized carbons (Fsp3) is 0.804. The summed E-state index contributed by atoms with van der Waals surface area (Å²) in [5.74, 6) is 0.573. The van der Waals surface area contributed by atoms with Gasteiger partial charge in [-0.15, -0.1) is 0 Å². The Hall–Kier alpha value is -2.38. The van der Waals surface area contributed by atoms with Gasteiger partial charge in [0.05, 0.1) is 40.0 Å². The lowest BCUT2D eigenvalue weighted by Gasteiger charge is -2.28. The van der Waals surface area contributed by atoms with Crippen LogP contribution in [0.5, 0.6) is 0 Å². The Morgan fingerprint density at radius 2 is 1.47 bits per heavy atom. The minimum atomic E-state index is -4.71. The predicted molar refractivity (Wildman–Crippen MR) is 231 cm³/mol. The number of aliphatic hydroxyl groups is 2. The Kier molecular flexibility index (Phi) is 26.0. The van der Waals surface area contributed by atoms with Gasteiger partial charge in [-0.05, 0) is 69.4 Å². The van der Waals surface area contributed by atoms with Gasteiger partial charge in [-0.3, -0.25) is 18.9 Å². The van der Waals surface area contributed by atoms with E-state index in [1.165, 1.54) is 11.1 Å². The number of furan rings is 1. The molecular formula is C46H80NO12P. The maximum atomic E-state index is 12.8. The lowest BCUT2D eigenvalue weighted by molar-refractivity contribution is -0.870. The number of aryl methyl sites for hydroxylation is 2. The number of Topliss-reactive ketones (excluding diaryl/α,β-unsaturated/α-hetero) is 1. The summed E-state index contributed by atoms with van der Waals surface area (Å²) >= 11 is 0. The fourth-order valence-corrected chi connectivity index (χ4v) is 8.22. The zero-order valence-electron chi connectivity index (χ0n) is 38.1. The number of rotatable bonds is 34. The number of allylic oxidation sites excluding steroid dienone is 1. The number of carbonyl (C=O) groups excluding carboxylic acids is 3. The number of quaternary nitrogens is 1. The molecule has 6 atom stereocenters. The molecule has 1 unspecified atom stereocenters. The number of hydrogen-bond donors (Lipinski definition) is 2. The van der Waals surface area contributed by atoms with E-state index < -0.39 is 50.6 Å². The maximum Gasteiger partial charge on any atom is 0.306 e. The van der Waals surface area contributed by atoms with Gasteiger partial charge in [-0.2, -0.15) is 0 Å². The van der Waals surface area contributed by atoms with E-state index in [9.17, 15) is 34.1 Å². The second-order valence-electron chi connectivity index (χ2n) is 17.8. The smallest absolute Gasteiger partial charge is 0.306 e. The number of unbranched alkanes of at least 4 members (excludes halogenated alkanes) is 10. The normalized spacial score (nSPS) is 19.2. The Morgan fingerprint density at radius 3 is 2.12 bits per heavy atom. The molecule has 346 valence electrons. The van der Waals surface area contributed by atoms with Crippen LogP contribution >= 0.6 is 7.82 Å². The van der Waals surface area contributed by atoms with E-state index in [0.717, 1.165) is 95.0 Å². The van der Waals surface area contributed by atoms with Crippen LogP contribution in [0.25, 0.3) is 0 Å². The third-order valence-electron chi connectivity index (χ3n) is 11.4. The first-order valence-corrected chi connectivity index (χ1v) is 24.3. The molecule has 1 aliphatic rings. The summed E-state index contributed by atoms with van der Waals surface area (Å²) in [5.41, 5.74) is 2.54. The predicted octanol–water partition coefficient (Wildman–Crippen LogP) is 8.19. The number of ether oxygens (including phenoxy) is 2. The lowest BCUT2D eigenvalue weighted by Crippen LogP contribution is -2.37. The maximum absolute atomic E-state index is 12.8. The van der Waals surface area contributed by atoms with Crippen molar-refractivity contribution < 1.29 is 61.5 Å². The van der Waals surface area contributed by atoms with E-state index in [4.69, 9.17) is 22.9 Å². The highest BCUT2D eigenvalue weighted by Gasteiger charge is 2.39. The van der Waals surface area contributed by atoms with Gasteiger partial charge in [-0.1, -0.05) is 90.2 Å². The minimum Gasteiger partial charge on any atom is -0.756 e. The van der Waals surface area contributed by atoms with Crippen molar-refractivity contribution in [1.29, 1.82) is 0 Å². The average molecular weight is 870 g/mol. The molecule has 1 fully saturated rings. The van der Waals surface area contributed by atoms with Crippen molar-refractivity contribution in [3.05, 3.63) is 34.8 Å². The molecule has 60 heavy (non-hydrogen) atoms. The third-order valence-corrected chi connectivity index (χ3v) is 12.3. The Balaban J connectivity index is 1.76. The summed E-state index contributed by atoms with van der Waals surface area (Å²) in [7, 11) is 0.995. The van der Waals surface area contributed by atoms with Gasteiger partial charge in [0.2, 0.25) is 0 Å². The van der Waals surface area contributed by atoms with Gasteiger partial charge in [-0.25, -0.2) is 0 Å². The SMILES string of the molecule is CCCCC[C@H](O)/C=C/[C@H]1C(=O)C[C@H](O)[C@@H]1CCCCCCC(=O)O[C@H](COC(=O)CCCCCCCCc1oc(CCC)c(C)c1C)COP(=O)([O-])OCC[N+](C)(C)C. The van der Waals surface area contributed by atoms with Gasteiger partial charge in [0.1, 0.15) is 37.1 Å². The van der Waals surface area contributed by atoms with Gasteiger partial charge in [0.15, 0.2) is 6.10 Å². The van der Waals surface area contributed by atoms with E-state index in [2.05, 4.69) is 27.7 Å². The van der Waals surface area contributed by atoms with Crippen molar-refractivity contribution in [3.63, 3.8) is 0 Å². The monoisotopic (exact) mass is 870 g/mol. The molecule has 2 N–H and O–H groups in total. The first kappa shape index (κ1) is 53.8. The highest BCUT2D eigenvalue weighted by molar-refractivity contribution is 7.45. The van der Waals surface area contributed by atoms with E-state index in [1.54, 1.807) is 12.2 Å². The van der Waals surface area contributed by atoms with Crippen LogP contribution in [0, 0.1) is 25.7 Å². The minimum absolute atomic E-state index is 0.00481. The molecule has 0 aromatic carbocycles. The number of ketones is 1. The fourth-order valence-electron chi connectivity index (χ4n) is 7.49. The lowest BCUT2D eigenvalue weighted by atomic mass is 9.88. The van der Waals surface area contributed by atoms with E-state index in [0.29, 0.717) is 43.1 Å². The zero-order chi connectivity index (χ0) is 44.6. The molecule has 0 radical (unpaired) electrons. The summed E-state index contributed by atoms with van der Waals surface area (Å²) in [4.78, 5) is 50.5. The molecule has 1 heterocycles. The van der Waals surface area contributed by atoms with Crippen molar-refractivity contribution in [1.82, 2.24) is 0 Å². The molecule has 0 spiro atoms. The first-order chi connectivity index (χ1) is 28.5. The number of aliphatic hydroxyl groups excluding tert-OH is 2. The van der Waals surface area contributed by atoms with Crippen LogP contribution in [0.15, 0.2) is 16.6 Å². The van der Waals surface area contributed by atoms with Crippen molar-refractivity contribution in [3.8, 4) is 0 Å². The van der Waals surface area contributed by atoms with Crippen LogP contribution in [-0.2, 0) is 50.3 Å². The third kappa shape index (κ3) is 22.6. The Morgan fingerprint density at radius 1 is 0.850 bits per heavy atom. The van der Waals surface area contributed by atoms with Crippen LogP contribution in [0.1, 0.15) is 158 Å². The molecule has 0 saturated heterocycles. The summed E-state index contributed by atoms with van der Waals surface area (Å²) in [6.07, 6.45) is 17.2. The number of esters is 2. The highest BCUT2D eigenvalue weighted by Crippen LogP contribution is 2.38. The van der Waals surface area contributed by atoms with Gasteiger partial charge >= 0.3 is 11.9 Å². The second kappa shape index (κ2) is 29.1. The van der Waals surface area contributed by atoms with Crippen molar-refractivity contribution in [2.24, 2.45) is 11.8 Å². The van der Waals surface area contributed by atoms with E-state index >= 15 is 0 Å². The molecule has 13 nitrogen and oxygen atoms in total. The molecular weight excluding hydrogens is 789 g/mol. The van der Waals surface area contributed by atoms with Crippen molar-refractivity contribution in [2.45, 2.75) is 181 Å². The summed E-state index contributed by atoms with van der Waals surface area (Å²) in [5, 5.41) is 20.8. The largest absolute Gasteiger partial charge is 0.756 e. The summed E-state index contributed by atoms with van der Waals surface area (Å²) < 4.78 is 40.0. The van der Waals surface area contributed by atoms with E-state index in [1.807, 2.05) is 21.1 Å².